The highest BCUT2D eigenvalue weighted by atomic mass is 35.5. The van der Waals surface area contributed by atoms with E-state index in [9.17, 15) is 9.59 Å². The molecule has 5 nitrogen and oxygen atoms in total. The molecule has 1 aromatic rings. The molecule has 0 aromatic heterocycles. The topological polar surface area (TPSA) is 67.4 Å². The van der Waals surface area contributed by atoms with Crippen molar-refractivity contribution >= 4 is 29.3 Å². The van der Waals surface area contributed by atoms with E-state index in [1.807, 2.05) is 6.07 Å². The normalized spacial score (nSPS) is 10.8. The van der Waals surface area contributed by atoms with Crippen LogP contribution in [0.25, 0.3) is 0 Å². The second-order valence-electron chi connectivity index (χ2n) is 5.24. The van der Waals surface area contributed by atoms with Crippen LogP contribution in [0.4, 0.5) is 10.5 Å². The van der Waals surface area contributed by atoms with E-state index in [2.05, 4.69) is 10.6 Å². The number of hydrogen-bond donors (Lipinski definition) is 2. The Labute approximate surface area is 123 Å². The van der Waals surface area contributed by atoms with Gasteiger partial charge in [0.05, 0.1) is 0 Å². The lowest BCUT2D eigenvalue weighted by Gasteiger charge is -2.19. The van der Waals surface area contributed by atoms with Crippen LogP contribution >= 0.6 is 11.6 Å². The molecule has 20 heavy (non-hydrogen) atoms. The first kappa shape index (κ1) is 16.3. The molecule has 0 atom stereocenters. The molecule has 110 valence electrons. The quantitative estimate of drug-likeness (QED) is 0.840. The van der Waals surface area contributed by atoms with Crippen LogP contribution in [0, 0.1) is 0 Å². The van der Waals surface area contributed by atoms with E-state index in [0.717, 1.165) is 5.56 Å². The third kappa shape index (κ3) is 6.43. The highest BCUT2D eigenvalue weighted by Crippen LogP contribution is 2.11. The van der Waals surface area contributed by atoms with E-state index in [4.69, 9.17) is 16.3 Å². The molecule has 0 fully saturated rings. The number of benzene rings is 1. The van der Waals surface area contributed by atoms with E-state index in [1.54, 1.807) is 39.0 Å². The van der Waals surface area contributed by atoms with Gasteiger partial charge < -0.3 is 15.4 Å². The van der Waals surface area contributed by atoms with Crippen molar-refractivity contribution in [1.82, 2.24) is 5.32 Å². The summed E-state index contributed by atoms with van der Waals surface area (Å²) in [5.74, 6) is -0.371. The number of ether oxygens (including phenoxy) is 1. The molecule has 1 rings (SSSR count). The van der Waals surface area contributed by atoms with Crippen molar-refractivity contribution in [1.29, 1.82) is 0 Å². The molecule has 0 bridgehead atoms. The van der Waals surface area contributed by atoms with Gasteiger partial charge >= 0.3 is 6.09 Å². The average Bonchev–Trinajstić information content (AvgIpc) is 2.34. The van der Waals surface area contributed by atoms with Gasteiger partial charge in [0, 0.05) is 12.2 Å². The maximum Gasteiger partial charge on any atom is 0.407 e. The van der Waals surface area contributed by atoms with Crippen LogP contribution < -0.4 is 10.6 Å². The number of halogens is 1. The van der Waals surface area contributed by atoms with Crippen LogP contribution in [-0.2, 0) is 16.1 Å². The molecule has 0 aliphatic heterocycles. The molecule has 0 saturated carbocycles. The van der Waals surface area contributed by atoms with Crippen LogP contribution in [0.5, 0.6) is 0 Å². The Morgan fingerprint density at radius 3 is 2.60 bits per heavy atom. The van der Waals surface area contributed by atoms with Gasteiger partial charge in [-0.3, -0.25) is 4.79 Å². The zero-order valence-electron chi connectivity index (χ0n) is 11.8. The van der Waals surface area contributed by atoms with Gasteiger partial charge in [-0.1, -0.05) is 12.1 Å². The highest BCUT2D eigenvalue weighted by molar-refractivity contribution is 6.29. The Bertz CT molecular complexity index is 484. The number of anilines is 1. The number of rotatable bonds is 4. The Kier molecular flexibility index (Phi) is 5.82. The molecule has 2 amide bonds. The number of alkyl carbamates (subject to hydrolysis) is 1. The molecule has 2 N–H and O–H groups in total. The van der Waals surface area contributed by atoms with E-state index < -0.39 is 11.7 Å². The summed E-state index contributed by atoms with van der Waals surface area (Å²) in [6.45, 7) is 5.72. The Hall–Kier alpha value is -1.75. The largest absolute Gasteiger partial charge is 0.444 e. The molecule has 0 unspecified atom stereocenters. The molecule has 6 heteroatoms. The van der Waals surface area contributed by atoms with E-state index in [-0.39, 0.29) is 11.8 Å². The van der Waals surface area contributed by atoms with Gasteiger partial charge in [0.25, 0.3) is 0 Å². The number of amides is 2. The number of carbonyl (C=O) groups excluding carboxylic acids is 2. The first-order valence-electron chi connectivity index (χ1n) is 6.22. The van der Waals surface area contributed by atoms with Crippen LogP contribution in [0.1, 0.15) is 26.3 Å². The Morgan fingerprint density at radius 1 is 1.30 bits per heavy atom. The van der Waals surface area contributed by atoms with Crippen LogP contribution in [-0.4, -0.2) is 23.5 Å². The Balaban J connectivity index is 2.54. The SMILES string of the molecule is CC(C)(C)OC(=O)NCc1cccc(NC(=O)CCl)c1. The molecule has 0 radical (unpaired) electrons. The lowest BCUT2D eigenvalue weighted by atomic mass is 10.2. The van der Waals surface area contributed by atoms with E-state index in [0.29, 0.717) is 12.2 Å². The summed E-state index contributed by atoms with van der Waals surface area (Å²) in [7, 11) is 0. The second kappa shape index (κ2) is 7.14. The number of nitrogens with one attached hydrogen (secondary N) is 2. The summed E-state index contributed by atoms with van der Waals surface area (Å²) in [5.41, 5.74) is 0.961. The standard InChI is InChI=1S/C14H19ClN2O3/c1-14(2,3)20-13(19)16-9-10-5-4-6-11(7-10)17-12(18)8-15/h4-7H,8-9H2,1-3H3,(H,16,19)(H,17,18). The van der Waals surface area contributed by atoms with E-state index in [1.165, 1.54) is 0 Å². The zero-order valence-corrected chi connectivity index (χ0v) is 12.6. The van der Waals surface area contributed by atoms with Crippen molar-refractivity contribution in [2.24, 2.45) is 0 Å². The summed E-state index contributed by atoms with van der Waals surface area (Å²) in [4.78, 5) is 22.7. The van der Waals surface area contributed by atoms with E-state index >= 15 is 0 Å². The van der Waals surface area contributed by atoms with Crippen molar-refractivity contribution in [3.63, 3.8) is 0 Å². The first-order chi connectivity index (χ1) is 9.30. The van der Waals surface area contributed by atoms with Crippen molar-refractivity contribution in [2.75, 3.05) is 11.2 Å². The van der Waals surface area contributed by atoms with Crippen LogP contribution in [0.3, 0.4) is 0 Å². The van der Waals surface area contributed by atoms with Gasteiger partial charge in [0.15, 0.2) is 0 Å². The molecule has 0 aliphatic rings. The van der Waals surface area contributed by atoms with Gasteiger partial charge in [-0.25, -0.2) is 4.79 Å². The summed E-state index contributed by atoms with van der Waals surface area (Å²) in [5, 5.41) is 5.29. The van der Waals surface area contributed by atoms with Gasteiger partial charge in [0.2, 0.25) is 5.91 Å². The lowest BCUT2D eigenvalue weighted by Crippen LogP contribution is -2.32. The van der Waals surface area contributed by atoms with Crippen molar-refractivity contribution in [3.05, 3.63) is 29.8 Å². The molecular formula is C14H19ClN2O3. The monoisotopic (exact) mass is 298 g/mol. The second-order valence-corrected chi connectivity index (χ2v) is 5.50. The molecule has 0 saturated heterocycles. The van der Waals surface area contributed by atoms with Crippen LogP contribution in [0.15, 0.2) is 24.3 Å². The third-order valence-electron chi connectivity index (χ3n) is 2.17. The molecule has 0 heterocycles. The van der Waals surface area contributed by atoms with Crippen LogP contribution in [0.2, 0.25) is 0 Å². The zero-order chi connectivity index (χ0) is 15.2. The van der Waals surface area contributed by atoms with Gasteiger partial charge in [-0.2, -0.15) is 0 Å². The Morgan fingerprint density at radius 2 is 2.00 bits per heavy atom. The van der Waals surface area contributed by atoms with Gasteiger partial charge in [-0.15, -0.1) is 11.6 Å². The molecular weight excluding hydrogens is 280 g/mol. The van der Waals surface area contributed by atoms with Gasteiger partial charge in [-0.05, 0) is 38.5 Å². The smallest absolute Gasteiger partial charge is 0.407 e. The number of alkyl halides is 1. The molecule has 0 spiro atoms. The lowest BCUT2D eigenvalue weighted by molar-refractivity contribution is -0.113. The van der Waals surface area contributed by atoms with Crippen molar-refractivity contribution in [2.45, 2.75) is 32.9 Å². The summed E-state index contributed by atoms with van der Waals surface area (Å²) in [6.07, 6.45) is -0.479. The summed E-state index contributed by atoms with van der Waals surface area (Å²) >= 11 is 5.42. The summed E-state index contributed by atoms with van der Waals surface area (Å²) in [6, 6.07) is 7.15. The predicted molar refractivity (Wildman–Crippen MR) is 78.9 cm³/mol. The highest BCUT2D eigenvalue weighted by Gasteiger charge is 2.15. The number of hydrogen-bond acceptors (Lipinski definition) is 3. The molecule has 0 aliphatic carbocycles. The minimum absolute atomic E-state index is 0.0968. The van der Waals surface area contributed by atoms with Crippen molar-refractivity contribution in [3.8, 4) is 0 Å². The average molecular weight is 299 g/mol. The fourth-order valence-corrected chi connectivity index (χ4v) is 1.51. The maximum absolute atomic E-state index is 11.5. The fraction of sp³-hybridized carbons (Fsp3) is 0.429. The first-order valence-corrected chi connectivity index (χ1v) is 6.75. The summed E-state index contributed by atoms with van der Waals surface area (Å²) < 4.78 is 5.13. The number of carbonyl (C=O) groups is 2. The molecule has 1 aromatic carbocycles. The predicted octanol–water partition coefficient (Wildman–Crippen LogP) is 2.89. The van der Waals surface area contributed by atoms with Crippen molar-refractivity contribution < 1.29 is 14.3 Å². The minimum atomic E-state index is -0.528. The maximum atomic E-state index is 11.5. The third-order valence-corrected chi connectivity index (χ3v) is 2.41. The van der Waals surface area contributed by atoms with Gasteiger partial charge in [0.1, 0.15) is 11.5 Å². The minimum Gasteiger partial charge on any atom is -0.444 e. The fourth-order valence-electron chi connectivity index (χ4n) is 1.44.